The summed E-state index contributed by atoms with van der Waals surface area (Å²) in [6.07, 6.45) is 1.88. The van der Waals surface area contributed by atoms with Crippen LogP contribution in [0.4, 0.5) is 0 Å². The molecule has 72 heavy (non-hydrogen) atoms. The van der Waals surface area contributed by atoms with E-state index in [1.165, 1.54) is 6.92 Å². The maximum Gasteiger partial charge on any atom is 0.326 e. The average molecular weight is 1000 g/mol. The Morgan fingerprint density at radius 1 is 0.542 bits per heavy atom. The van der Waals surface area contributed by atoms with Crippen LogP contribution in [-0.4, -0.2) is 122 Å². The summed E-state index contributed by atoms with van der Waals surface area (Å²) in [7, 11) is 0. The molecule has 0 unspecified atom stereocenters. The Kier molecular flexibility index (Phi) is 19.5. The first-order chi connectivity index (χ1) is 34.6. The molecule has 0 saturated heterocycles. The highest BCUT2D eigenvalue weighted by Gasteiger charge is 2.36. The molecule has 0 fully saturated rings. The zero-order chi connectivity index (χ0) is 51.7. The molecule has 0 bridgehead atoms. The number of nitrogens with one attached hydrogen (secondary N) is 8. The van der Waals surface area contributed by atoms with Crippen molar-refractivity contribution in [1.29, 1.82) is 0 Å². The summed E-state index contributed by atoms with van der Waals surface area (Å²) < 4.78 is 0. The molecular formula is C52H62N10O9S. The highest BCUT2D eigenvalue weighted by atomic mass is 32.1. The van der Waals surface area contributed by atoms with Gasteiger partial charge in [0.2, 0.25) is 35.4 Å². The van der Waals surface area contributed by atoms with E-state index in [1.54, 1.807) is 67.0 Å². The van der Waals surface area contributed by atoms with Gasteiger partial charge in [-0.1, -0.05) is 97.1 Å². The van der Waals surface area contributed by atoms with Crippen LogP contribution >= 0.6 is 12.6 Å². The SMILES string of the molecule is C[C@@H](O)[C@H](NC(=O)[C@H](CCCN)NC(=O)[C@@H](Cc1c[nH]c2ccccc12)NC(=O)[C@H](Cc1c[nH]c2ccccc12)NC(=O)[C@H](Cc1ccccc1)NC(=O)[C@@H](N)CS)C(=O)N[C@@H](Cc1ccccc1)C(=O)O. The minimum absolute atomic E-state index is 0.00456. The third-order valence-corrected chi connectivity index (χ3v) is 12.6. The van der Waals surface area contributed by atoms with Gasteiger partial charge in [0.1, 0.15) is 36.3 Å². The number of carbonyl (C=O) groups is 7. The van der Waals surface area contributed by atoms with Gasteiger partial charge in [-0.3, -0.25) is 28.8 Å². The number of aromatic nitrogens is 2. The number of thiol groups is 1. The quantitative estimate of drug-likeness (QED) is 0.0344. The maximum absolute atomic E-state index is 14.9. The smallest absolute Gasteiger partial charge is 0.326 e. The fourth-order valence-electron chi connectivity index (χ4n) is 8.26. The number of rotatable bonds is 26. The molecule has 0 radical (unpaired) electrons. The zero-order valence-electron chi connectivity index (χ0n) is 39.7. The van der Waals surface area contributed by atoms with Crippen molar-refractivity contribution in [3.8, 4) is 0 Å². The minimum Gasteiger partial charge on any atom is -0.480 e. The molecular weight excluding hydrogens is 941 g/mol. The maximum atomic E-state index is 14.9. The molecule has 4 aromatic carbocycles. The second kappa shape index (κ2) is 26.1. The monoisotopic (exact) mass is 1000 g/mol. The lowest BCUT2D eigenvalue weighted by atomic mass is 10.00. The van der Waals surface area contributed by atoms with Crippen molar-refractivity contribution in [3.05, 3.63) is 144 Å². The van der Waals surface area contributed by atoms with Crippen LogP contribution in [0.2, 0.25) is 0 Å². The molecule has 6 aromatic rings. The number of aliphatic hydroxyl groups excluding tert-OH is 1. The van der Waals surface area contributed by atoms with Gasteiger partial charge in [-0.05, 0) is 60.7 Å². The number of aliphatic carboxylic acids is 1. The summed E-state index contributed by atoms with van der Waals surface area (Å²) in [6, 6.07) is 22.9. The third-order valence-electron chi connectivity index (χ3n) is 12.2. The van der Waals surface area contributed by atoms with Crippen molar-refractivity contribution < 1.29 is 43.8 Å². The van der Waals surface area contributed by atoms with E-state index >= 15 is 0 Å². The van der Waals surface area contributed by atoms with Crippen molar-refractivity contribution in [1.82, 2.24) is 41.9 Å². The Morgan fingerprint density at radius 2 is 0.944 bits per heavy atom. The van der Waals surface area contributed by atoms with Crippen LogP contribution in [0.15, 0.2) is 122 Å². The van der Waals surface area contributed by atoms with Crippen LogP contribution in [-0.2, 0) is 59.2 Å². The van der Waals surface area contributed by atoms with Crippen LogP contribution in [0.25, 0.3) is 21.8 Å². The topological polar surface area (TPSA) is 316 Å². The number of carbonyl (C=O) groups excluding carboxylic acids is 6. The van der Waals surface area contributed by atoms with Crippen molar-refractivity contribution in [2.75, 3.05) is 12.3 Å². The lowest BCUT2D eigenvalue weighted by molar-refractivity contribution is -0.143. The summed E-state index contributed by atoms with van der Waals surface area (Å²) >= 11 is 4.15. The fourth-order valence-corrected chi connectivity index (χ4v) is 8.42. The third kappa shape index (κ3) is 14.8. The van der Waals surface area contributed by atoms with E-state index < -0.39 is 89.8 Å². The Bertz CT molecular complexity index is 2810. The predicted octanol–water partition coefficient (Wildman–Crippen LogP) is 1.29. The molecule has 6 rings (SSSR count). The van der Waals surface area contributed by atoms with Crippen LogP contribution in [0.3, 0.4) is 0 Å². The van der Waals surface area contributed by atoms with Crippen LogP contribution < -0.4 is 43.4 Å². The molecule has 380 valence electrons. The summed E-state index contributed by atoms with van der Waals surface area (Å²) in [5.74, 6) is -6.13. The number of para-hydroxylation sites is 2. The number of amides is 6. The highest BCUT2D eigenvalue weighted by molar-refractivity contribution is 7.80. The minimum atomic E-state index is -1.65. The van der Waals surface area contributed by atoms with Crippen molar-refractivity contribution in [2.45, 2.75) is 93.8 Å². The lowest BCUT2D eigenvalue weighted by Crippen LogP contribution is -2.61. The number of nitrogens with two attached hydrogens (primary N) is 2. The molecule has 2 heterocycles. The first-order valence-corrected chi connectivity index (χ1v) is 24.3. The predicted molar refractivity (Wildman–Crippen MR) is 275 cm³/mol. The number of aromatic amines is 2. The normalized spacial score (nSPS) is 14.6. The van der Waals surface area contributed by atoms with E-state index in [0.717, 1.165) is 21.8 Å². The van der Waals surface area contributed by atoms with E-state index in [2.05, 4.69) is 54.5 Å². The van der Waals surface area contributed by atoms with E-state index in [9.17, 15) is 43.8 Å². The Morgan fingerprint density at radius 3 is 1.40 bits per heavy atom. The summed E-state index contributed by atoms with van der Waals surface area (Å²) in [4.78, 5) is 103. The standard InChI is InChI=1S/C52H62N10O9S/c1-30(63)45(51(69)61-44(52(70)71)24-32-15-6-3-7-16-32)62-47(65)40(21-12-22-53)57-49(67)42(25-33-27-55-38-19-10-8-17-35(33)38)60-50(68)43(26-34-28-56-39-20-11-9-18-36(34)39)59-48(66)41(58-46(64)37(54)29-72)23-31-13-4-2-5-14-31/h2-11,13-20,27-28,30,37,40-45,55-56,63,72H,12,21-26,29,53-54H2,1H3,(H,57,67)(H,58,64)(H,59,66)(H,60,68)(H,61,69)(H,62,65)(H,70,71)/t30-,37+,40+,41+,42-,43+,44+,45+/m1/s1. The number of fused-ring (bicyclic) bond motifs is 2. The number of carboxylic acid groups (broad SMARTS) is 1. The number of hydrogen-bond acceptors (Lipinski definition) is 11. The molecule has 0 saturated carbocycles. The van der Waals surface area contributed by atoms with Crippen molar-refractivity contribution in [2.24, 2.45) is 11.5 Å². The van der Waals surface area contributed by atoms with Crippen LogP contribution in [0.1, 0.15) is 42.0 Å². The van der Waals surface area contributed by atoms with Gasteiger partial charge in [-0.25, -0.2) is 4.79 Å². The van der Waals surface area contributed by atoms with E-state index in [-0.39, 0.29) is 50.8 Å². The lowest BCUT2D eigenvalue weighted by Gasteiger charge is -2.28. The molecule has 0 aliphatic rings. The van der Waals surface area contributed by atoms with Gasteiger partial charge in [0.05, 0.1) is 12.1 Å². The first-order valence-electron chi connectivity index (χ1n) is 23.6. The summed E-state index contributed by atoms with van der Waals surface area (Å²) in [5, 5.41) is 38.2. The first kappa shape index (κ1) is 53.8. The fraction of sp³-hybridized carbons (Fsp3) is 0.327. The average Bonchev–Trinajstić information content (AvgIpc) is 3.99. The largest absolute Gasteiger partial charge is 0.480 e. The van der Waals surface area contributed by atoms with E-state index in [4.69, 9.17) is 11.5 Å². The number of benzene rings is 4. The van der Waals surface area contributed by atoms with Crippen molar-refractivity contribution in [3.63, 3.8) is 0 Å². The van der Waals surface area contributed by atoms with Gasteiger partial charge in [-0.2, -0.15) is 12.6 Å². The summed E-state index contributed by atoms with van der Waals surface area (Å²) in [5.41, 5.74) is 16.0. The number of aliphatic hydroxyl groups is 1. The zero-order valence-corrected chi connectivity index (χ0v) is 40.6. The van der Waals surface area contributed by atoms with Gasteiger partial charge < -0.3 is 63.5 Å². The van der Waals surface area contributed by atoms with Crippen molar-refractivity contribution >= 4 is 75.8 Å². The Hall–Kier alpha value is -7.52. The molecule has 6 amide bonds. The van der Waals surface area contributed by atoms with Crippen LogP contribution in [0.5, 0.6) is 0 Å². The van der Waals surface area contributed by atoms with Gasteiger partial charge in [-0.15, -0.1) is 0 Å². The van der Waals surface area contributed by atoms with Gasteiger partial charge >= 0.3 is 5.97 Å². The second-order valence-electron chi connectivity index (χ2n) is 17.6. The molecule has 20 heteroatoms. The van der Waals surface area contributed by atoms with Gasteiger partial charge in [0, 0.05) is 65.6 Å². The van der Waals surface area contributed by atoms with Gasteiger partial charge in [0.15, 0.2) is 0 Å². The molecule has 0 spiro atoms. The molecule has 2 aromatic heterocycles. The molecule has 0 aliphatic carbocycles. The second-order valence-corrected chi connectivity index (χ2v) is 18.0. The number of hydrogen-bond donors (Lipinski definition) is 13. The number of carboxylic acids is 1. The Labute approximate surface area is 421 Å². The molecule has 8 atom stereocenters. The molecule has 14 N–H and O–H groups in total. The van der Waals surface area contributed by atoms with E-state index in [0.29, 0.717) is 22.3 Å². The van der Waals surface area contributed by atoms with Gasteiger partial charge in [0.25, 0.3) is 0 Å². The number of H-pyrrole nitrogens is 2. The summed E-state index contributed by atoms with van der Waals surface area (Å²) in [6.45, 7) is 1.36. The van der Waals surface area contributed by atoms with E-state index in [1.807, 2.05) is 54.6 Å². The van der Waals surface area contributed by atoms with Crippen LogP contribution in [0, 0.1) is 0 Å². The molecule has 0 aliphatic heterocycles. The molecule has 19 nitrogen and oxygen atoms in total. The Balaban J connectivity index is 1.29. The highest BCUT2D eigenvalue weighted by Crippen LogP contribution is 2.22.